The van der Waals surface area contributed by atoms with Crippen LogP contribution in [0.15, 0.2) is 30.3 Å². The molecule has 1 aromatic carbocycles. The number of hydrogen-bond acceptors (Lipinski definition) is 2. The number of carbonyl (C=O) groups is 1. The molecule has 22 heavy (non-hydrogen) atoms. The van der Waals surface area contributed by atoms with Crippen LogP contribution >= 0.6 is 0 Å². The largest absolute Gasteiger partial charge is 0.349 e. The highest BCUT2D eigenvalue weighted by Crippen LogP contribution is 2.32. The van der Waals surface area contributed by atoms with Crippen molar-refractivity contribution in [1.82, 2.24) is 10.2 Å². The fraction of sp³-hybridized carbons (Fsp3) is 0.632. The first-order chi connectivity index (χ1) is 10.8. The van der Waals surface area contributed by atoms with Crippen molar-refractivity contribution in [2.24, 2.45) is 0 Å². The van der Waals surface area contributed by atoms with Crippen LogP contribution in [-0.2, 0) is 11.2 Å². The Morgan fingerprint density at radius 2 is 1.68 bits per heavy atom. The van der Waals surface area contributed by atoms with Gasteiger partial charge in [0.05, 0.1) is 6.54 Å². The fourth-order valence-electron chi connectivity index (χ4n) is 4.04. The Morgan fingerprint density at radius 3 is 2.36 bits per heavy atom. The minimum atomic E-state index is -0.00573. The van der Waals surface area contributed by atoms with E-state index in [1.807, 2.05) is 0 Å². The maximum Gasteiger partial charge on any atom is 0.234 e. The number of rotatable bonds is 5. The summed E-state index contributed by atoms with van der Waals surface area (Å²) in [7, 11) is 0. The van der Waals surface area contributed by atoms with E-state index in [-0.39, 0.29) is 11.4 Å². The summed E-state index contributed by atoms with van der Waals surface area (Å²) in [5.74, 6) is 0.222. The molecule has 0 spiro atoms. The van der Waals surface area contributed by atoms with Crippen LogP contribution in [0, 0.1) is 0 Å². The molecule has 3 heteroatoms. The Balaban J connectivity index is 1.59. The summed E-state index contributed by atoms with van der Waals surface area (Å²) in [6, 6.07) is 10.6. The minimum Gasteiger partial charge on any atom is -0.349 e. The molecule has 1 saturated heterocycles. The number of amides is 1. The average Bonchev–Trinajstić information content (AvgIpc) is 2.97. The average molecular weight is 300 g/mol. The number of likely N-dealkylation sites (tertiary alicyclic amines) is 1. The van der Waals surface area contributed by atoms with Crippen LogP contribution in [0.25, 0.3) is 0 Å². The first-order valence-electron chi connectivity index (χ1n) is 8.83. The van der Waals surface area contributed by atoms with Crippen molar-refractivity contribution >= 4 is 5.91 Å². The summed E-state index contributed by atoms with van der Waals surface area (Å²) in [4.78, 5) is 14.8. The van der Waals surface area contributed by atoms with Gasteiger partial charge in [0, 0.05) is 5.54 Å². The molecule has 3 rings (SSSR count). The van der Waals surface area contributed by atoms with Crippen molar-refractivity contribution in [2.75, 3.05) is 19.6 Å². The smallest absolute Gasteiger partial charge is 0.234 e. The van der Waals surface area contributed by atoms with E-state index < -0.39 is 0 Å². The minimum absolute atomic E-state index is 0.00573. The topological polar surface area (TPSA) is 32.3 Å². The van der Waals surface area contributed by atoms with Crippen LogP contribution in [0.2, 0.25) is 0 Å². The molecule has 0 unspecified atom stereocenters. The first-order valence-corrected chi connectivity index (χ1v) is 8.83. The van der Waals surface area contributed by atoms with Crippen molar-refractivity contribution in [2.45, 2.75) is 56.9 Å². The molecule has 0 aromatic heterocycles. The van der Waals surface area contributed by atoms with Gasteiger partial charge in [-0.05, 0) is 50.8 Å². The van der Waals surface area contributed by atoms with E-state index in [2.05, 4.69) is 40.5 Å². The van der Waals surface area contributed by atoms with Gasteiger partial charge >= 0.3 is 0 Å². The molecule has 2 aliphatic rings. The molecule has 0 radical (unpaired) electrons. The third kappa shape index (κ3) is 4.10. The van der Waals surface area contributed by atoms with Gasteiger partial charge in [0.15, 0.2) is 0 Å². The van der Waals surface area contributed by atoms with Gasteiger partial charge in [-0.1, -0.05) is 49.6 Å². The van der Waals surface area contributed by atoms with Gasteiger partial charge in [0.25, 0.3) is 0 Å². The highest BCUT2D eigenvalue weighted by molar-refractivity contribution is 5.79. The van der Waals surface area contributed by atoms with E-state index in [9.17, 15) is 4.79 Å². The monoisotopic (exact) mass is 300 g/mol. The Labute approximate surface area is 134 Å². The molecular formula is C19H28N2O. The lowest BCUT2D eigenvalue weighted by molar-refractivity contribution is -0.124. The molecular weight excluding hydrogens is 272 g/mol. The quantitative estimate of drug-likeness (QED) is 0.906. The highest BCUT2D eigenvalue weighted by atomic mass is 16.2. The summed E-state index contributed by atoms with van der Waals surface area (Å²) < 4.78 is 0. The maximum absolute atomic E-state index is 12.5. The van der Waals surface area contributed by atoms with Crippen molar-refractivity contribution < 1.29 is 4.79 Å². The number of carbonyl (C=O) groups excluding carboxylic acids is 1. The van der Waals surface area contributed by atoms with Gasteiger partial charge in [0.1, 0.15) is 0 Å². The zero-order valence-corrected chi connectivity index (χ0v) is 13.5. The third-order valence-electron chi connectivity index (χ3n) is 5.17. The summed E-state index contributed by atoms with van der Waals surface area (Å²) in [5, 5.41) is 3.41. The number of piperidine rings is 1. The van der Waals surface area contributed by atoms with Gasteiger partial charge in [-0.2, -0.15) is 0 Å². The first kappa shape index (κ1) is 15.5. The lowest BCUT2D eigenvalue weighted by Gasteiger charge is -2.33. The van der Waals surface area contributed by atoms with Crippen LogP contribution in [-0.4, -0.2) is 36.0 Å². The van der Waals surface area contributed by atoms with Crippen LogP contribution in [0.1, 0.15) is 50.5 Å². The number of nitrogens with one attached hydrogen (secondary N) is 1. The van der Waals surface area contributed by atoms with Crippen LogP contribution in [0.3, 0.4) is 0 Å². The van der Waals surface area contributed by atoms with Crippen LogP contribution < -0.4 is 5.32 Å². The number of hydrogen-bond donors (Lipinski definition) is 1. The molecule has 0 bridgehead atoms. The van der Waals surface area contributed by atoms with Crippen molar-refractivity contribution in [1.29, 1.82) is 0 Å². The molecule has 1 aliphatic heterocycles. The molecule has 0 atom stereocenters. The highest BCUT2D eigenvalue weighted by Gasteiger charge is 2.35. The predicted molar refractivity (Wildman–Crippen MR) is 89.8 cm³/mol. The Morgan fingerprint density at radius 1 is 1.00 bits per heavy atom. The van der Waals surface area contributed by atoms with Crippen molar-refractivity contribution in [3.63, 3.8) is 0 Å². The Bertz CT molecular complexity index is 473. The van der Waals surface area contributed by atoms with E-state index in [0.717, 1.165) is 32.4 Å². The zero-order valence-electron chi connectivity index (χ0n) is 13.5. The molecule has 1 saturated carbocycles. The Hall–Kier alpha value is -1.35. The van der Waals surface area contributed by atoms with E-state index in [4.69, 9.17) is 0 Å². The fourth-order valence-corrected chi connectivity index (χ4v) is 4.04. The van der Waals surface area contributed by atoms with Crippen LogP contribution in [0.5, 0.6) is 0 Å². The van der Waals surface area contributed by atoms with Crippen molar-refractivity contribution in [3.8, 4) is 0 Å². The molecule has 3 nitrogen and oxygen atoms in total. The maximum atomic E-state index is 12.5. The van der Waals surface area contributed by atoms with Gasteiger partial charge in [-0.3, -0.25) is 9.69 Å². The number of nitrogens with zero attached hydrogens (tertiary/aromatic N) is 1. The molecule has 1 heterocycles. The summed E-state index contributed by atoms with van der Waals surface area (Å²) >= 11 is 0. The van der Waals surface area contributed by atoms with Gasteiger partial charge < -0.3 is 5.32 Å². The van der Waals surface area contributed by atoms with E-state index in [0.29, 0.717) is 6.54 Å². The normalized spacial score (nSPS) is 21.6. The van der Waals surface area contributed by atoms with Gasteiger partial charge in [-0.25, -0.2) is 0 Å². The molecule has 1 aromatic rings. The van der Waals surface area contributed by atoms with E-state index >= 15 is 0 Å². The van der Waals surface area contributed by atoms with Crippen molar-refractivity contribution in [3.05, 3.63) is 35.9 Å². The third-order valence-corrected chi connectivity index (χ3v) is 5.17. The summed E-state index contributed by atoms with van der Waals surface area (Å²) in [5.41, 5.74) is 1.33. The standard InChI is InChI=1S/C19H28N2O/c22-18(16-21-13-7-2-8-14-21)20-19(11-5-6-12-19)15-17-9-3-1-4-10-17/h1,3-4,9-10H,2,5-8,11-16H2,(H,20,22). The molecule has 120 valence electrons. The zero-order chi connectivity index (χ0) is 15.3. The number of benzene rings is 1. The second-order valence-corrected chi connectivity index (χ2v) is 7.03. The second-order valence-electron chi connectivity index (χ2n) is 7.03. The summed E-state index contributed by atoms with van der Waals surface area (Å²) in [6.45, 7) is 2.74. The van der Waals surface area contributed by atoms with E-state index in [1.165, 1.54) is 37.7 Å². The lowest BCUT2D eigenvalue weighted by atomic mass is 9.89. The van der Waals surface area contributed by atoms with E-state index in [1.54, 1.807) is 0 Å². The summed E-state index contributed by atoms with van der Waals surface area (Å²) in [6.07, 6.45) is 9.47. The predicted octanol–water partition coefficient (Wildman–Crippen LogP) is 3.14. The van der Waals surface area contributed by atoms with Gasteiger partial charge in [0.2, 0.25) is 5.91 Å². The molecule has 1 aliphatic carbocycles. The molecule has 1 N–H and O–H groups in total. The van der Waals surface area contributed by atoms with Crippen LogP contribution in [0.4, 0.5) is 0 Å². The molecule has 1 amide bonds. The lowest BCUT2D eigenvalue weighted by Crippen LogP contribution is -2.51. The van der Waals surface area contributed by atoms with Gasteiger partial charge in [-0.15, -0.1) is 0 Å². The Kier molecular flexibility index (Phi) is 5.14. The second kappa shape index (κ2) is 7.28. The molecule has 2 fully saturated rings. The SMILES string of the molecule is O=C(CN1CCCCC1)NC1(Cc2ccccc2)CCCC1.